The van der Waals surface area contributed by atoms with E-state index in [0.29, 0.717) is 13.1 Å². The molecule has 0 aliphatic heterocycles. The van der Waals surface area contributed by atoms with E-state index < -0.39 is 0 Å². The topological polar surface area (TPSA) is 35.5 Å². The molecular weight excluding hydrogens is 180 g/mol. The number of carbonyl (C=O) groups is 1. The van der Waals surface area contributed by atoms with Crippen molar-refractivity contribution in [1.29, 1.82) is 0 Å². The Balaban J connectivity index is 2.32. The molecule has 3 nitrogen and oxygen atoms in total. The summed E-state index contributed by atoms with van der Waals surface area (Å²) in [4.78, 5) is 9.86. The van der Waals surface area contributed by atoms with Gasteiger partial charge in [-0.2, -0.15) is 0 Å². The highest BCUT2D eigenvalue weighted by Gasteiger charge is 1.94. The Morgan fingerprint density at radius 2 is 2.00 bits per heavy atom. The third kappa shape index (κ3) is 3.47. The van der Waals surface area contributed by atoms with Crippen LogP contribution in [0.5, 0.6) is 5.75 Å². The molecule has 0 aliphatic carbocycles. The van der Waals surface area contributed by atoms with Gasteiger partial charge in [0.25, 0.3) is 6.47 Å². The quantitative estimate of drug-likeness (QED) is 0.511. The van der Waals surface area contributed by atoms with E-state index in [1.54, 1.807) is 7.11 Å². The molecule has 14 heavy (non-hydrogen) atoms. The van der Waals surface area contributed by atoms with Crippen LogP contribution in [0.2, 0.25) is 0 Å². The molecule has 0 spiro atoms. The SMILES string of the molecule is COc1ccc(CCCOC=O)cc1. The summed E-state index contributed by atoms with van der Waals surface area (Å²) in [6, 6.07) is 7.88. The first kappa shape index (κ1) is 10.6. The normalized spacial score (nSPS) is 9.50. The van der Waals surface area contributed by atoms with Crippen molar-refractivity contribution in [2.24, 2.45) is 0 Å². The molecule has 0 radical (unpaired) electrons. The Kier molecular flexibility index (Phi) is 4.55. The first-order chi connectivity index (χ1) is 6.86. The third-order valence-electron chi connectivity index (χ3n) is 1.95. The fraction of sp³-hybridized carbons (Fsp3) is 0.364. The van der Waals surface area contributed by atoms with E-state index in [4.69, 9.17) is 4.74 Å². The average molecular weight is 194 g/mol. The van der Waals surface area contributed by atoms with Crippen LogP contribution in [0, 0.1) is 0 Å². The molecule has 1 aromatic carbocycles. The van der Waals surface area contributed by atoms with Gasteiger partial charge in [-0.15, -0.1) is 0 Å². The number of methoxy groups -OCH3 is 1. The maximum absolute atomic E-state index is 9.86. The zero-order valence-corrected chi connectivity index (χ0v) is 8.23. The second-order valence-corrected chi connectivity index (χ2v) is 2.92. The van der Waals surface area contributed by atoms with Crippen LogP contribution >= 0.6 is 0 Å². The van der Waals surface area contributed by atoms with Gasteiger partial charge in [-0.05, 0) is 30.5 Å². The van der Waals surface area contributed by atoms with Gasteiger partial charge in [-0.3, -0.25) is 4.79 Å². The van der Waals surface area contributed by atoms with E-state index in [0.717, 1.165) is 18.6 Å². The van der Waals surface area contributed by atoms with Gasteiger partial charge in [-0.25, -0.2) is 0 Å². The molecule has 0 saturated carbocycles. The Morgan fingerprint density at radius 1 is 1.29 bits per heavy atom. The average Bonchev–Trinajstić information content (AvgIpc) is 2.25. The Morgan fingerprint density at radius 3 is 2.57 bits per heavy atom. The molecule has 0 bridgehead atoms. The van der Waals surface area contributed by atoms with Gasteiger partial charge in [0, 0.05) is 0 Å². The molecule has 76 valence electrons. The molecule has 0 atom stereocenters. The lowest BCUT2D eigenvalue weighted by atomic mass is 10.1. The predicted molar refractivity (Wildman–Crippen MR) is 53.3 cm³/mol. The summed E-state index contributed by atoms with van der Waals surface area (Å²) >= 11 is 0. The number of benzene rings is 1. The highest BCUT2D eigenvalue weighted by Crippen LogP contribution is 2.12. The molecular formula is C11H14O3. The molecule has 0 unspecified atom stereocenters. The lowest BCUT2D eigenvalue weighted by Gasteiger charge is -2.02. The maximum Gasteiger partial charge on any atom is 0.293 e. The molecule has 0 aliphatic rings. The minimum atomic E-state index is 0.480. The minimum absolute atomic E-state index is 0.480. The predicted octanol–water partition coefficient (Wildman–Crippen LogP) is 1.80. The van der Waals surface area contributed by atoms with Gasteiger partial charge in [0.2, 0.25) is 0 Å². The Labute approximate surface area is 83.6 Å². The smallest absolute Gasteiger partial charge is 0.293 e. The van der Waals surface area contributed by atoms with Crippen LogP contribution in [-0.2, 0) is 16.0 Å². The standard InChI is InChI=1S/C11H14O3/c1-13-11-6-4-10(5-7-11)3-2-8-14-9-12/h4-7,9H,2-3,8H2,1H3. The van der Waals surface area contributed by atoms with Crippen molar-refractivity contribution in [2.45, 2.75) is 12.8 Å². The van der Waals surface area contributed by atoms with E-state index in [-0.39, 0.29) is 0 Å². The van der Waals surface area contributed by atoms with Crippen molar-refractivity contribution in [2.75, 3.05) is 13.7 Å². The summed E-state index contributed by atoms with van der Waals surface area (Å²) in [7, 11) is 1.65. The van der Waals surface area contributed by atoms with Crippen LogP contribution in [0.25, 0.3) is 0 Å². The van der Waals surface area contributed by atoms with E-state index in [2.05, 4.69) is 4.74 Å². The highest BCUT2D eigenvalue weighted by atomic mass is 16.5. The Bertz CT molecular complexity index is 266. The monoisotopic (exact) mass is 194 g/mol. The number of rotatable bonds is 6. The fourth-order valence-electron chi connectivity index (χ4n) is 1.20. The fourth-order valence-corrected chi connectivity index (χ4v) is 1.20. The summed E-state index contributed by atoms with van der Waals surface area (Å²) in [5, 5.41) is 0. The number of aryl methyl sites for hydroxylation is 1. The molecule has 0 saturated heterocycles. The zero-order chi connectivity index (χ0) is 10.2. The van der Waals surface area contributed by atoms with Crippen LogP contribution < -0.4 is 4.74 Å². The molecule has 1 rings (SSSR count). The lowest BCUT2D eigenvalue weighted by Crippen LogP contribution is -1.94. The van der Waals surface area contributed by atoms with Gasteiger partial charge in [0.1, 0.15) is 5.75 Å². The van der Waals surface area contributed by atoms with Crippen LogP contribution in [0.15, 0.2) is 24.3 Å². The maximum atomic E-state index is 9.86. The van der Waals surface area contributed by atoms with Crippen LogP contribution in [0.4, 0.5) is 0 Å². The second kappa shape index (κ2) is 6.02. The first-order valence-corrected chi connectivity index (χ1v) is 4.55. The molecule has 0 amide bonds. The van der Waals surface area contributed by atoms with E-state index in [1.165, 1.54) is 5.56 Å². The van der Waals surface area contributed by atoms with E-state index in [1.807, 2.05) is 24.3 Å². The van der Waals surface area contributed by atoms with E-state index in [9.17, 15) is 4.79 Å². The summed E-state index contributed by atoms with van der Waals surface area (Å²) in [5.74, 6) is 0.859. The van der Waals surface area contributed by atoms with E-state index >= 15 is 0 Å². The third-order valence-corrected chi connectivity index (χ3v) is 1.95. The van der Waals surface area contributed by atoms with Crippen molar-refractivity contribution >= 4 is 6.47 Å². The lowest BCUT2D eigenvalue weighted by molar-refractivity contribution is -0.128. The summed E-state index contributed by atoms with van der Waals surface area (Å²) in [6.07, 6.45) is 1.77. The van der Waals surface area contributed by atoms with Crippen LogP contribution in [0.1, 0.15) is 12.0 Å². The molecule has 3 heteroatoms. The molecule has 0 heterocycles. The summed E-state index contributed by atoms with van der Waals surface area (Å²) < 4.78 is 9.64. The van der Waals surface area contributed by atoms with Gasteiger partial charge in [0.05, 0.1) is 13.7 Å². The van der Waals surface area contributed by atoms with Gasteiger partial charge >= 0.3 is 0 Å². The minimum Gasteiger partial charge on any atom is -0.497 e. The highest BCUT2D eigenvalue weighted by molar-refractivity contribution is 5.36. The zero-order valence-electron chi connectivity index (χ0n) is 8.23. The van der Waals surface area contributed by atoms with Crippen molar-refractivity contribution in [1.82, 2.24) is 0 Å². The number of ether oxygens (including phenoxy) is 2. The van der Waals surface area contributed by atoms with Crippen molar-refractivity contribution in [3.05, 3.63) is 29.8 Å². The second-order valence-electron chi connectivity index (χ2n) is 2.92. The number of hydrogen-bond acceptors (Lipinski definition) is 3. The van der Waals surface area contributed by atoms with Crippen LogP contribution in [0.3, 0.4) is 0 Å². The van der Waals surface area contributed by atoms with Gasteiger partial charge in [-0.1, -0.05) is 12.1 Å². The summed E-state index contributed by atoms with van der Waals surface area (Å²) in [5.41, 5.74) is 1.22. The molecule has 1 aromatic rings. The van der Waals surface area contributed by atoms with Gasteiger partial charge in [0.15, 0.2) is 0 Å². The number of hydrogen-bond donors (Lipinski definition) is 0. The molecule has 0 fully saturated rings. The van der Waals surface area contributed by atoms with Crippen LogP contribution in [-0.4, -0.2) is 20.2 Å². The molecule has 0 N–H and O–H groups in total. The van der Waals surface area contributed by atoms with Crippen molar-refractivity contribution in [3.8, 4) is 5.75 Å². The summed E-state index contributed by atoms with van der Waals surface area (Å²) in [6.45, 7) is 0.962. The molecule has 0 aromatic heterocycles. The Hall–Kier alpha value is -1.51. The van der Waals surface area contributed by atoms with Crippen molar-refractivity contribution in [3.63, 3.8) is 0 Å². The first-order valence-electron chi connectivity index (χ1n) is 4.55. The number of carbonyl (C=O) groups excluding carboxylic acids is 1. The van der Waals surface area contributed by atoms with Gasteiger partial charge < -0.3 is 9.47 Å². The van der Waals surface area contributed by atoms with Crippen molar-refractivity contribution < 1.29 is 14.3 Å². The largest absolute Gasteiger partial charge is 0.497 e.